The summed E-state index contributed by atoms with van der Waals surface area (Å²) in [6, 6.07) is 6.29. The number of Topliss-reactive ketones (excluding diaryl/α,β-unsaturated/α-hetero) is 1. The number of phenolic OH excluding ortho intramolecular Hbond substituents is 1. The Hall–Kier alpha value is -1.59. The number of benzene rings is 1. The zero-order valence-corrected chi connectivity index (χ0v) is 9.74. The van der Waals surface area contributed by atoms with E-state index in [1.54, 1.807) is 30.3 Å². The Morgan fingerprint density at radius 1 is 1.47 bits per heavy atom. The van der Waals surface area contributed by atoms with Crippen LogP contribution in [0.2, 0.25) is 0 Å². The standard InChI is InChI=1S/C12H11NO3S/c14-6-10(16)12-11(17-7-13-12)5-8-3-1-2-4-9(8)15/h1-6,12-13,15H,7H2. The fourth-order valence-corrected chi connectivity index (χ4v) is 2.58. The number of hydrogen-bond acceptors (Lipinski definition) is 5. The highest BCUT2D eigenvalue weighted by Crippen LogP contribution is 2.30. The van der Waals surface area contributed by atoms with Crippen molar-refractivity contribution in [2.45, 2.75) is 6.04 Å². The number of nitrogens with one attached hydrogen (secondary N) is 1. The van der Waals surface area contributed by atoms with Gasteiger partial charge in [-0.3, -0.25) is 14.9 Å². The van der Waals surface area contributed by atoms with Gasteiger partial charge in [0.15, 0.2) is 6.29 Å². The minimum absolute atomic E-state index is 0.157. The van der Waals surface area contributed by atoms with E-state index < -0.39 is 11.8 Å². The molecule has 1 saturated heterocycles. The molecular formula is C12H11NO3S. The van der Waals surface area contributed by atoms with Crippen LogP contribution in [0.3, 0.4) is 0 Å². The van der Waals surface area contributed by atoms with E-state index in [2.05, 4.69) is 5.32 Å². The molecule has 1 heterocycles. The number of carbonyl (C=O) groups is 2. The molecule has 1 aromatic carbocycles. The monoisotopic (exact) mass is 249 g/mol. The second kappa shape index (κ2) is 5.16. The molecule has 2 N–H and O–H groups in total. The van der Waals surface area contributed by atoms with Crippen molar-refractivity contribution in [1.82, 2.24) is 5.32 Å². The molecular weight excluding hydrogens is 238 g/mol. The van der Waals surface area contributed by atoms with Crippen molar-refractivity contribution >= 4 is 29.9 Å². The molecule has 1 atom stereocenters. The Bertz CT molecular complexity index is 484. The molecule has 5 heteroatoms. The van der Waals surface area contributed by atoms with E-state index in [0.717, 1.165) is 4.91 Å². The first-order valence-corrected chi connectivity index (χ1v) is 6.05. The number of para-hydroxylation sites is 1. The molecule has 1 aromatic rings. The smallest absolute Gasteiger partial charge is 0.217 e. The molecule has 0 aliphatic carbocycles. The quantitative estimate of drug-likeness (QED) is 0.621. The largest absolute Gasteiger partial charge is 0.507 e. The Balaban J connectivity index is 2.30. The first kappa shape index (κ1) is 11.9. The highest BCUT2D eigenvalue weighted by molar-refractivity contribution is 8.03. The van der Waals surface area contributed by atoms with E-state index >= 15 is 0 Å². The lowest BCUT2D eigenvalue weighted by molar-refractivity contribution is -0.130. The highest BCUT2D eigenvalue weighted by Gasteiger charge is 2.27. The van der Waals surface area contributed by atoms with Crippen LogP contribution in [-0.4, -0.2) is 29.1 Å². The average molecular weight is 249 g/mol. The van der Waals surface area contributed by atoms with Crippen molar-refractivity contribution < 1.29 is 14.7 Å². The minimum Gasteiger partial charge on any atom is -0.507 e. The fourth-order valence-electron chi connectivity index (χ4n) is 1.59. The van der Waals surface area contributed by atoms with Crippen LogP contribution < -0.4 is 5.32 Å². The van der Waals surface area contributed by atoms with Gasteiger partial charge in [0.1, 0.15) is 11.8 Å². The van der Waals surface area contributed by atoms with E-state index in [9.17, 15) is 14.7 Å². The highest BCUT2D eigenvalue weighted by atomic mass is 32.2. The molecule has 1 aliphatic heterocycles. The van der Waals surface area contributed by atoms with E-state index in [1.807, 2.05) is 0 Å². The van der Waals surface area contributed by atoms with E-state index in [0.29, 0.717) is 17.7 Å². The predicted octanol–water partition coefficient (Wildman–Crippen LogP) is 1.16. The molecule has 0 aromatic heterocycles. The van der Waals surface area contributed by atoms with Gasteiger partial charge in [-0.15, -0.1) is 11.8 Å². The third-order valence-corrected chi connectivity index (χ3v) is 3.44. The number of phenols is 1. The first-order chi connectivity index (χ1) is 8.22. The van der Waals surface area contributed by atoms with Crippen LogP contribution in [0.15, 0.2) is 29.2 Å². The SMILES string of the molecule is O=CC(=O)C1NCSC1=Cc1ccccc1O. The maximum Gasteiger partial charge on any atom is 0.217 e. The summed E-state index contributed by atoms with van der Waals surface area (Å²) in [6.45, 7) is 0. The van der Waals surface area contributed by atoms with Crippen molar-refractivity contribution in [3.05, 3.63) is 34.7 Å². The molecule has 0 spiro atoms. The maximum atomic E-state index is 11.4. The topological polar surface area (TPSA) is 66.4 Å². The van der Waals surface area contributed by atoms with E-state index in [-0.39, 0.29) is 5.75 Å². The van der Waals surface area contributed by atoms with Crippen LogP contribution in [0, 0.1) is 0 Å². The summed E-state index contributed by atoms with van der Waals surface area (Å²) in [5, 5.41) is 12.6. The van der Waals surface area contributed by atoms with Gasteiger partial charge in [0.05, 0.1) is 0 Å². The lowest BCUT2D eigenvalue weighted by Crippen LogP contribution is -2.32. The van der Waals surface area contributed by atoms with E-state index in [4.69, 9.17) is 0 Å². The van der Waals surface area contributed by atoms with Gasteiger partial charge in [-0.25, -0.2) is 0 Å². The summed E-state index contributed by atoms with van der Waals surface area (Å²) in [5.74, 6) is 0.255. The summed E-state index contributed by atoms with van der Waals surface area (Å²) in [4.78, 5) is 22.6. The molecule has 17 heavy (non-hydrogen) atoms. The van der Waals surface area contributed by atoms with Gasteiger partial charge in [0.25, 0.3) is 0 Å². The van der Waals surface area contributed by atoms with Gasteiger partial charge >= 0.3 is 0 Å². The second-order valence-electron chi connectivity index (χ2n) is 3.55. The van der Waals surface area contributed by atoms with Gasteiger partial charge in [0.2, 0.25) is 5.78 Å². The van der Waals surface area contributed by atoms with Gasteiger partial charge in [-0.1, -0.05) is 18.2 Å². The predicted molar refractivity (Wildman–Crippen MR) is 66.5 cm³/mol. The summed E-state index contributed by atoms with van der Waals surface area (Å²) in [5.41, 5.74) is 0.641. The molecule has 1 fully saturated rings. The fraction of sp³-hybridized carbons (Fsp3) is 0.167. The zero-order valence-electron chi connectivity index (χ0n) is 8.92. The molecule has 0 bridgehead atoms. The summed E-state index contributed by atoms with van der Waals surface area (Å²) >= 11 is 1.46. The maximum absolute atomic E-state index is 11.4. The Morgan fingerprint density at radius 3 is 2.94 bits per heavy atom. The molecule has 0 radical (unpaired) electrons. The molecule has 4 nitrogen and oxygen atoms in total. The number of ketones is 1. The Labute approximate surface area is 103 Å². The molecule has 0 amide bonds. The van der Waals surface area contributed by atoms with Crippen molar-refractivity contribution in [2.24, 2.45) is 0 Å². The van der Waals surface area contributed by atoms with Crippen molar-refractivity contribution in [2.75, 3.05) is 5.88 Å². The number of aldehydes is 1. The molecule has 1 aliphatic rings. The minimum atomic E-state index is -0.572. The third-order valence-electron chi connectivity index (χ3n) is 2.45. The van der Waals surface area contributed by atoms with Gasteiger partial charge in [-0.05, 0) is 12.1 Å². The van der Waals surface area contributed by atoms with Crippen LogP contribution in [0.25, 0.3) is 6.08 Å². The van der Waals surface area contributed by atoms with Gasteiger partial charge in [0, 0.05) is 16.3 Å². The van der Waals surface area contributed by atoms with Gasteiger partial charge in [-0.2, -0.15) is 0 Å². The number of rotatable bonds is 3. The molecule has 1 unspecified atom stereocenters. The van der Waals surface area contributed by atoms with Crippen molar-refractivity contribution in [3.63, 3.8) is 0 Å². The number of carbonyl (C=O) groups excluding carboxylic acids is 2. The lowest BCUT2D eigenvalue weighted by Gasteiger charge is -2.06. The van der Waals surface area contributed by atoms with Crippen LogP contribution in [-0.2, 0) is 9.59 Å². The Kier molecular flexibility index (Phi) is 3.61. The average Bonchev–Trinajstić information content (AvgIpc) is 2.79. The third kappa shape index (κ3) is 2.57. The van der Waals surface area contributed by atoms with Gasteiger partial charge < -0.3 is 5.11 Å². The van der Waals surface area contributed by atoms with Crippen LogP contribution in [0.1, 0.15) is 5.56 Å². The number of thioether (sulfide) groups is 1. The van der Waals surface area contributed by atoms with Crippen LogP contribution in [0.4, 0.5) is 0 Å². The molecule has 0 saturated carbocycles. The second-order valence-corrected chi connectivity index (χ2v) is 4.60. The summed E-state index contributed by atoms with van der Waals surface area (Å²) in [7, 11) is 0. The summed E-state index contributed by atoms with van der Waals surface area (Å²) in [6.07, 6.45) is 2.05. The van der Waals surface area contributed by atoms with Crippen LogP contribution in [0.5, 0.6) is 5.75 Å². The first-order valence-electron chi connectivity index (χ1n) is 5.07. The van der Waals surface area contributed by atoms with Crippen LogP contribution >= 0.6 is 11.8 Å². The van der Waals surface area contributed by atoms with Crippen molar-refractivity contribution in [3.8, 4) is 5.75 Å². The lowest BCUT2D eigenvalue weighted by atomic mass is 10.1. The number of hydrogen-bond donors (Lipinski definition) is 2. The van der Waals surface area contributed by atoms with E-state index in [1.165, 1.54) is 11.8 Å². The van der Waals surface area contributed by atoms with Crippen molar-refractivity contribution in [1.29, 1.82) is 0 Å². The molecule has 88 valence electrons. The normalized spacial score (nSPS) is 21.6. The zero-order chi connectivity index (χ0) is 12.3. The number of aromatic hydroxyl groups is 1. The summed E-state index contributed by atoms with van der Waals surface area (Å²) < 4.78 is 0. The Morgan fingerprint density at radius 2 is 2.24 bits per heavy atom. The molecule has 2 rings (SSSR count).